The summed E-state index contributed by atoms with van der Waals surface area (Å²) in [4.78, 5) is 58.5. The number of methoxy groups -OCH3 is 1. The predicted molar refractivity (Wildman–Crippen MR) is 295 cm³/mol. The number of rotatable bonds is 18. The van der Waals surface area contributed by atoms with Gasteiger partial charge < -0.3 is 89.2 Å². The number of halogens is 1. The number of carbonyl (C=O) groups is 4. The Bertz CT molecular complexity index is 2250. The maximum atomic E-state index is 15.1. The zero-order valence-electron chi connectivity index (χ0n) is 49.8. The van der Waals surface area contributed by atoms with Gasteiger partial charge in [0, 0.05) is 76.5 Å². The van der Waals surface area contributed by atoms with Crippen LogP contribution in [0.25, 0.3) is 0 Å². The Balaban J connectivity index is 1.15. The summed E-state index contributed by atoms with van der Waals surface area (Å²) in [5.74, 6) is -5.42. The van der Waals surface area contributed by atoms with Gasteiger partial charge in [-0.05, 0) is 99.0 Å². The van der Waals surface area contributed by atoms with Gasteiger partial charge in [-0.3, -0.25) is 19.3 Å². The third kappa shape index (κ3) is 16.1. The fourth-order valence-electron chi connectivity index (χ4n) is 12.6. The van der Waals surface area contributed by atoms with Crippen LogP contribution in [0.3, 0.4) is 0 Å². The summed E-state index contributed by atoms with van der Waals surface area (Å²) in [7, 11) is 5.17. The highest BCUT2D eigenvalue weighted by Gasteiger charge is 2.54. The van der Waals surface area contributed by atoms with E-state index in [2.05, 4.69) is 16.0 Å². The minimum absolute atomic E-state index is 0.0113. The number of morpholine rings is 1. The number of aliphatic hydroxyl groups is 5. The lowest BCUT2D eigenvalue weighted by Crippen LogP contribution is -2.62. The molecule has 6 rings (SSSR count). The average Bonchev–Trinajstić information content (AvgIpc) is 3.91. The van der Waals surface area contributed by atoms with Gasteiger partial charge in [0.1, 0.15) is 35.8 Å². The van der Waals surface area contributed by atoms with E-state index in [1.807, 2.05) is 37.7 Å². The normalized spacial score (nSPS) is 39.4. The predicted octanol–water partition coefficient (Wildman–Crippen LogP) is 2.19. The zero-order chi connectivity index (χ0) is 59.9. The first kappa shape index (κ1) is 66.3. The quantitative estimate of drug-likeness (QED) is 0.0772. The maximum absolute atomic E-state index is 15.1. The van der Waals surface area contributed by atoms with Gasteiger partial charge in [0.15, 0.2) is 12.6 Å². The lowest BCUT2D eigenvalue weighted by atomic mass is 9.72. The minimum Gasteiger partial charge on any atom is -0.459 e. The minimum atomic E-state index is -2.00. The number of carbonyl (C=O) groups excluding carboxylic acids is 4. The third-order valence-corrected chi connectivity index (χ3v) is 17.5. The van der Waals surface area contributed by atoms with E-state index < -0.39 is 138 Å². The summed E-state index contributed by atoms with van der Waals surface area (Å²) in [6.45, 7) is 19.4. The molecule has 1 aromatic carbocycles. The Kier molecular flexibility index (Phi) is 23.2. The molecular weight excluding hydrogens is 1060 g/mol. The molecule has 3 amide bonds. The van der Waals surface area contributed by atoms with Crippen LogP contribution in [0.1, 0.15) is 108 Å². The number of aliphatic hydroxyl groups excluding tert-OH is 3. The molecule has 462 valence electrons. The molecule has 5 heterocycles. The van der Waals surface area contributed by atoms with Crippen molar-refractivity contribution in [1.82, 2.24) is 20.9 Å². The lowest BCUT2D eigenvalue weighted by molar-refractivity contribution is -0.318. The molecule has 0 aromatic heterocycles. The summed E-state index contributed by atoms with van der Waals surface area (Å²) >= 11 is 0. The number of esters is 1. The van der Waals surface area contributed by atoms with Crippen LogP contribution in [-0.2, 0) is 52.3 Å². The monoisotopic (exact) mass is 1150 g/mol. The van der Waals surface area contributed by atoms with Crippen molar-refractivity contribution in [2.75, 3.05) is 83.5 Å². The van der Waals surface area contributed by atoms with Crippen molar-refractivity contribution in [3.8, 4) is 0 Å². The zero-order valence-corrected chi connectivity index (χ0v) is 49.8. The van der Waals surface area contributed by atoms with Crippen LogP contribution in [0.5, 0.6) is 0 Å². The van der Waals surface area contributed by atoms with Gasteiger partial charge in [0.05, 0.1) is 85.3 Å². The van der Waals surface area contributed by atoms with Crippen LogP contribution >= 0.6 is 0 Å². The number of nitrogens with one attached hydrogen (secondary N) is 3. The summed E-state index contributed by atoms with van der Waals surface area (Å²) in [5.41, 5.74) is -4.16. The highest BCUT2D eigenvalue weighted by molar-refractivity contribution is 5.90. The number of likely N-dealkylation sites (N-methyl/N-ethyl adjacent to an activating group) is 1. The number of nitrogens with zero attached hydrogens (tertiary/aromatic N) is 3. The highest BCUT2D eigenvalue weighted by atomic mass is 19.1. The summed E-state index contributed by atoms with van der Waals surface area (Å²) < 4.78 is 64.0. The van der Waals surface area contributed by atoms with E-state index in [1.165, 1.54) is 25.0 Å². The molecule has 8 N–H and O–H groups in total. The first-order valence-corrected chi connectivity index (χ1v) is 28.9. The molecule has 81 heavy (non-hydrogen) atoms. The van der Waals surface area contributed by atoms with E-state index >= 15 is 4.39 Å². The topological polar surface area (TPSA) is 289 Å². The molecule has 23 nitrogen and oxygen atoms in total. The highest BCUT2D eigenvalue weighted by Crippen LogP contribution is 2.42. The Labute approximate surface area is 477 Å². The molecule has 20 atom stereocenters. The van der Waals surface area contributed by atoms with Crippen LogP contribution < -0.4 is 25.8 Å². The van der Waals surface area contributed by atoms with E-state index in [0.29, 0.717) is 44.1 Å². The molecule has 24 heteroatoms. The van der Waals surface area contributed by atoms with Crippen LogP contribution in [-0.4, -0.2) is 224 Å². The van der Waals surface area contributed by atoms with E-state index in [9.17, 15) is 44.7 Å². The van der Waals surface area contributed by atoms with Crippen molar-refractivity contribution in [1.29, 1.82) is 0 Å². The molecule has 5 fully saturated rings. The molecule has 0 bridgehead atoms. The van der Waals surface area contributed by atoms with Crippen molar-refractivity contribution in [3.63, 3.8) is 0 Å². The fraction of sp³-hybridized carbons (Fsp3) is 0.825. The summed E-state index contributed by atoms with van der Waals surface area (Å²) in [5, 5.41) is 69.3. The molecule has 0 aliphatic carbocycles. The SMILES string of the molecule is CC[C@H]1OC(=O)[C@H](C)[C@@H](OC2CC(C)(OC)C(O)C(C)O2)[C@H](C)[C@@H](OC2OC(C)CC(N(C)C)C2O)[C@](C)(O)C[C@@H](C)[C@H](NCCNC(=O)CCC(=O)NC[C@H]2CN(c3ccc(N4CCOCC4)c(F)c3)C(=O)O2)[C@H](C)[C@@H](O)[C@]1(C)O. The average molecular weight is 1160 g/mol. The van der Waals surface area contributed by atoms with Crippen molar-refractivity contribution < 1.29 is 87.0 Å². The van der Waals surface area contributed by atoms with E-state index in [0.717, 1.165) is 0 Å². The van der Waals surface area contributed by atoms with E-state index in [-0.39, 0.29) is 70.4 Å². The standard InChI is InChI=1S/C57H95FN6O17/c1-14-42-57(10,73)49(68)33(4)46(60-20-19-59-43(65)17-18-44(66)61-29-38-30-64(54(71)78-38)37-15-16-40(39(58)26-37)63-21-23-75-24-22-63)31(2)27-55(8,72)51(81-53-47(67)41(62(11)12)25-32(3)76-53)34(5)48(35(6)52(70)79-42)80-45-28-56(9,74-13)50(69)36(7)77-45/h15-16,26,31-36,38,41-42,45-51,53,60,67-69,72-73H,14,17-25,27-30H2,1-13H3,(H,59,65)(H,61,66)/t31-,32?,33+,34+,35-,36?,38+,41?,42-,45?,46+,47?,48+,49-,50?,51-,53?,55-,56?,57-/m1/s1. The number of amides is 3. The van der Waals surface area contributed by atoms with Crippen LogP contribution in [0.2, 0.25) is 0 Å². The summed E-state index contributed by atoms with van der Waals surface area (Å²) in [6, 6.07) is 3.50. The number of cyclic esters (lactones) is 2. The van der Waals surface area contributed by atoms with E-state index in [4.69, 9.17) is 37.9 Å². The van der Waals surface area contributed by atoms with E-state index in [1.54, 1.807) is 60.6 Å². The molecule has 8 unspecified atom stereocenters. The molecule has 5 aliphatic heterocycles. The summed E-state index contributed by atoms with van der Waals surface area (Å²) in [6.07, 6.45) is -11.7. The van der Waals surface area contributed by atoms with Crippen molar-refractivity contribution in [3.05, 3.63) is 24.0 Å². The smallest absolute Gasteiger partial charge is 0.414 e. The number of hydrogen-bond donors (Lipinski definition) is 8. The van der Waals surface area contributed by atoms with Gasteiger partial charge in [-0.1, -0.05) is 27.7 Å². The van der Waals surface area contributed by atoms with Gasteiger partial charge in [0.25, 0.3) is 0 Å². The first-order valence-electron chi connectivity index (χ1n) is 28.9. The lowest BCUT2D eigenvalue weighted by Gasteiger charge is -2.49. The van der Waals surface area contributed by atoms with Gasteiger partial charge in [-0.2, -0.15) is 0 Å². The van der Waals surface area contributed by atoms with Crippen molar-refractivity contribution in [2.45, 2.75) is 204 Å². The van der Waals surface area contributed by atoms with Crippen molar-refractivity contribution in [2.24, 2.45) is 23.7 Å². The molecule has 5 saturated heterocycles. The largest absolute Gasteiger partial charge is 0.459 e. The van der Waals surface area contributed by atoms with Crippen LogP contribution in [0.15, 0.2) is 18.2 Å². The second kappa shape index (κ2) is 28.3. The molecule has 0 saturated carbocycles. The number of ether oxygens (including phenoxy) is 8. The van der Waals surface area contributed by atoms with Crippen molar-refractivity contribution >= 4 is 35.3 Å². The van der Waals surface area contributed by atoms with Gasteiger partial charge >= 0.3 is 12.1 Å². The first-order chi connectivity index (χ1) is 38.0. The Hall–Kier alpha value is -3.89. The maximum Gasteiger partial charge on any atom is 0.414 e. The molecule has 1 aromatic rings. The molecule has 0 radical (unpaired) electrons. The third-order valence-electron chi connectivity index (χ3n) is 17.5. The second-order valence-corrected chi connectivity index (χ2v) is 24.2. The fourth-order valence-corrected chi connectivity index (χ4v) is 12.6. The Morgan fingerprint density at radius 2 is 1.54 bits per heavy atom. The molecule has 0 spiro atoms. The van der Waals surface area contributed by atoms with Crippen LogP contribution in [0, 0.1) is 29.5 Å². The van der Waals surface area contributed by atoms with Gasteiger partial charge in [-0.25, -0.2) is 9.18 Å². The second-order valence-electron chi connectivity index (χ2n) is 24.2. The molecule has 5 aliphatic rings. The van der Waals surface area contributed by atoms with Gasteiger partial charge in [-0.15, -0.1) is 0 Å². The number of anilines is 2. The Morgan fingerprint density at radius 3 is 2.17 bits per heavy atom. The Morgan fingerprint density at radius 1 is 0.877 bits per heavy atom. The van der Waals surface area contributed by atoms with Gasteiger partial charge in [0.2, 0.25) is 11.8 Å². The number of hydrogen-bond acceptors (Lipinski definition) is 20. The molecular formula is C57H95FN6O17. The number of benzene rings is 1. The van der Waals surface area contributed by atoms with Crippen LogP contribution in [0.4, 0.5) is 20.6 Å².